The lowest BCUT2D eigenvalue weighted by molar-refractivity contribution is -0.135. The number of imide groups is 1. The lowest BCUT2D eigenvalue weighted by Crippen LogP contribution is -2.48. The van der Waals surface area contributed by atoms with Crippen LogP contribution in [0.5, 0.6) is 0 Å². The van der Waals surface area contributed by atoms with Crippen LogP contribution in [0.25, 0.3) is 33.3 Å². The third kappa shape index (κ3) is 8.72. The Bertz CT molecular complexity index is 3340. The molecule has 0 radical (unpaired) electrons. The van der Waals surface area contributed by atoms with Gasteiger partial charge in [-0.1, -0.05) is 12.1 Å². The first-order valence-electron chi connectivity index (χ1n) is 26.4. The van der Waals surface area contributed by atoms with E-state index in [4.69, 9.17) is 4.98 Å². The van der Waals surface area contributed by atoms with Crippen molar-refractivity contribution in [1.82, 2.24) is 48.2 Å². The van der Waals surface area contributed by atoms with Gasteiger partial charge >= 0.3 is 5.69 Å². The lowest BCUT2D eigenvalue weighted by Gasteiger charge is -2.39. The Morgan fingerprint density at radius 2 is 1.64 bits per heavy atom. The van der Waals surface area contributed by atoms with Crippen molar-refractivity contribution in [2.75, 3.05) is 70.8 Å². The predicted molar refractivity (Wildman–Crippen MR) is 278 cm³/mol. The van der Waals surface area contributed by atoms with Crippen LogP contribution < -0.4 is 21.9 Å². The summed E-state index contributed by atoms with van der Waals surface area (Å²) in [6.45, 7) is 13.1. The Kier molecular flexibility index (Phi) is 12.3. The summed E-state index contributed by atoms with van der Waals surface area (Å²) in [5, 5.41) is 6.64. The van der Waals surface area contributed by atoms with Crippen LogP contribution in [0.1, 0.15) is 108 Å². The van der Waals surface area contributed by atoms with Gasteiger partial charge in [-0.05, 0) is 124 Å². The quantitative estimate of drug-likeness (QED) is 0.146. The number of amides is 3. The molecule has 1 saturated carbocycles. The number of carbonyl (C=O) groups is 3. The van der Waals surface area contributed by atoms with Crippen molar-refractivity contribution in [1.29, 1.82) is 0 Å². The minimum Gasteiger partial charge on any atom is -0.384 e. The predicted octanol–water partition coefficient (Wildman–Crippen LogP) is 6.09. The number of carbonyl (C=O) groups excluding carboxylic acids is 3. The molecule has 1 unspecified atom stereocenters. The van der Waals surface area contributed by atoms with Crippen LogP contribution in [0, 0.1) is 18.7 Å². The number of piperazine rings is 1. The topological polar surface area (TPSA) is 155 Å². The fourth-order valence-corrected chi connectivity index (χ4v) is 12.6. The maximum Gasteiger partial charge on any atom is 0.330 e. The number of piperidine rings is 2. The molecule has 17 heteroatoms. The van der Waals surface area contributed by atoms with Crippen molar-refractivity contribution in [3.63, 3.8) is 0 Å². The fourth-order valence-electron chi connectivity index (χ4n) is 12.6. The van der Waals surface area contributed by atoms with E-state index in [9.17, 15) is 24.0 Å². The molecule has 4 aromatic heterocycles. The van der Waals surface area contributed by atoms with Crippen molar-refractivity contribution in [2.24, 2.45) is 13.0 Å². The third-order valence-electron chi connectivity index (χ3n) is 16.9. The van der Waals surface area contributed by atoms with E-state index in [1.54, 1.807) is 15.3 Å². The van der Waals surface area contributed by atoms with E-state index in [1.165, 1.54) is 6.07 Å². The lowest BCUT2D eigenvalue weighted by atomic mass is 9.92. The average molecular weight is 990 g/mol. The summed E-state index contributed by atoms with van der Waals surface area (Å²) in [7, 11) is 2.02. The summed E-state index contributed by atoms with van der Waals surface area (Å²) in [5.41, 5.74) is 9.76. The van der Waals surface area contributed by atoms with E-state index in [2.05, 4.69) is 61.1 Å². The first-order valence-corrected chi connectivity index (χ1v) is 26.4. The first kappa shape index (κ1) is 47.3. The third-order valence-corrected chi connectivity index (χ3v) is 16.9. The second-order valence-corrected chi connectivity index (χ2v) is 21.4. The van der Waals surface area contributed by atoms with Gasteiger partial charge in [-0.2, -0.15) is 0 Å². The average Bonchev–Trinajstić information content (AvgIpc) is 3.88. The standard InChI is InChI=1S/C56H64FN11O5/c1-34-28-39(30-43(57)51(34)38-14-21-64(22-15-38)35(2)48-31-42-45(11-18-59-52(42)61(48)3)66-23-16-44-41(55(66)72)10-17-58-44)54(71)65-19-12-36(13-20-65)32-62-24-26-63(27-25-62)33-37-4-7-46-49(29-37)67(40-5-6-40)56(73)68(46)47-8-9-50(69)60-53(47)70/h4,7,11,14,16,18,23,28-31,35-36,40,47,58H,5-6,8-10,12-13,15,17,19-22,24-27,32-33H2,1-3H3,(H,60,69,70)/t35-,47?/m0/s1. The van der Waals surface area contributed by atoms with Gasteiger partial charge in [0.2, 0.25) is 11.8 Å². The Hall–Kier alpha value is -6.69. The molecule has 2 aromatic carbocycles. The smallest absolute Gasteiger partial charge is 0.330 e. The van der Waals surface area contributed by atoms with E-state index in [0.29, 0.717) is 55.9 Å². The number of hydrogen-bond acceptors (Lipinski definition) is 10. The summed E-state index contributed by atoms with van der Waals surface area (Å²) in [4.78, 5) is 79.8. The molecule has 6 aliphatic rings. The summed E-state index contributed by atoms with van der Waals surface area (Å²) in [6, 6.07) is 15.0. The van der Waals surface area contributed by atoms with Crippen molar-refractivity contribution in [3.05, 3.63) is 127 Å². The molecule has 9 heterocycles. The van der Waals surface area contributed by atoms with Gasteiger partial charge in [-0.15, -0.1) is 0 Å². The highest BCUT2D eigenvalue weighted by atomic mass is 19.1. The molecule has 0 bridgehead atoms. The van der Waals surface area contributed by atoms with Crippen molar-refractivity contribution in [2.45, 2.75) is 89.9 Å². The van der Waals surface area contributed by atoms with Crippen LogP contribution in [-0.2, 0) is 29.6 Å². The van der Waals surface area contributed by atoms with Gasteiger partial charge in [0.05, 0.1) is 16.7 Å². The molecule has 3 amide bonds. The summed E-state index contributed by atoms with van der Waals surface area (Å²) < 4.78 is 23.5. The summed E-state index contributed by atoms with van der Waals surface area (Å²) in [5.74, 6) is -0.671. The van der Waals surface area contributed by atoms with Crippen LogP contribution in [-0.4, -0.2) is 126 Å². The number of likely N-dealkylation sites (tertiary alicyclic amines) is 1. The van der Waals surface area contributed by atoms with Crippen LogP contribution >= 0.6 is 0 Å². The molecule has 2 atom stereocenters. The monoisotopic (exact) mass is 990 g/mol. The number of pyridine rings is 2. The van der Waals surface area contributed by atoms with Gasteiger partial charge in [0.25, 0.3) is 11.5 Å². The number of nitrogens with zero attached hydrogens (tertiary/aromatic N) is 9. The molecule has 5 aliphatic heterocycles. The second-order valence-electron chi connectivity index (χ2n) is 21.4. The number of benzene rings is 2. The molecular weight excluding hydrogens is 926 g/mol. The van der Waals surface area contributed by atoms with Gasteiger partial charge in [-0.25, -0.2) is 14.2 Å². The first-order chi connectivity index (χ1) is 35.4. The number of aromatic nitrogens is 5. The van der Waals surface area contributed by atoms with Crippen LogP contribution in [0.3, 0.4) is 0 Å². The Morgan fingerprint density at radius 3 is 2.38 bits per heavy atom. The molecule has 4 fully saturated rings. The molecule has 380 valence electrons. The Labute approximate surface area is 423 Å². The maximum absolute atomic E-state index is 16.2. The van der Waals surface area contributed by atoms with Crippen molar-refractivity contribution < 1.29 is 18.8 Å². The Balaban J connectivity index is 0.634. The highest BCUT2D eigenvalue weighted by Gasteiger charge is 2.36. The molecule has 1 aliphatic carbocycles. The minimum absolute atomic E-state index is 0.00174. The number of nitrogens with one attached hydrogen (secondary N) is 2. The zero-order valence-electron chi connectivity index (χ0n) is 42.0. The van der Waals surface area contributed by atoms with E-state index in [0.717, 1.165) is 139 Å². The van der Waals surface area contributed by atoms with Crippen molar-refractivity contribution >= 4 is 51.0 Å². The number of hydrogen-bond donors (Lipinski definition) is 2. The van der Waals surface area contributed by atoms with Gasteiger partial charge in [0, 0.05) is 143 Å². The fraction of sp³-hybridized carbons (Fsp3) is 0.464. The van der Waals surface area contributed by atoms with Gasteiger partial charge in [-0.3, -0.25) is 48.0 Å². The van der Waals surface area contributed by atoms with Gasteiger partial charge < -0.3 is 19.7 Å². The molecule has 2 N–H and O–H groups in total. The number of fused-ring (bicyclic) bond motifs is 3. The zero-order valence-corrected chi connectivity index (χ0v) is 42.0. The van der Waals surface area contributed by atoms with Crippen LogP contribution in [0.15, 0.2) is 76.6 Å². The summed E-state index contributed by atoms with van der Waals surface area (Å²) >= 11 is 0. The molecule has 6 aromatic rings. The van der Waals surface area contributed by atoms with E-state index < -0.39 is 11.9 Å². The largest absolute Gasteiger partial charge is 0.384 e. The molecule has 16 nitrogen and oxygen atoms in total. The number of imidazole rings is 1. The van der Waals surface area contributed by atoms with Crippen LogP contribution in [0.2, 0.25) is 0 Å². The molecule has 3 saturated heterocycles. The SMILES string of the molecule is Cc1cc(C(=O)N2CCC(CN3CCN(Cc4ccc5c(c4)n(C4CC4)c(=O)n5C4CCC(=O)NC4=O)CC3)CC2)cc(F)c1C1=CCN([C@@H](C)c2cc3c(-n4ccc5c(c4=O)CCN5)ccnc3n2C)CC1. The summed E-state index contributed by atoms with van der Waals surface area (Å²) in [6.07, 6.45) is 11.4. The van der Waals surface area contributed by atoms with Crippen molar-refractivity contribution in [3.8, 4) is 5.69 Å². The maximum atomic E-state index is 16.2. The van der Waals surface area contributed by atoms with E-state index >= 15 is 4.39 Å². The normalized spacial score (nSPS) is 20.9. The zero-order chi connectivity index (χ0) is 50.2. The Morgan fingerprint density at radius 1 is 0.849 bits per heavy atom. The highest BCUT2D eigenvalue weighted by molar-refractivity contribution is 6.00. The second kappa shape index (κ2) is 19.0. The number of aryl methyl sites for hydroxylation is 2. The molecule has 0 spiro atoms. The molecule has 73 heavy (non-hydrogen) atoms. The molecule has 12 rings (SSSR count). The number of halogens is 1. The van der Waals surface area contributed by atoms with Crippen LogP contribution in [0.4, 0.5) is 10.1 Å². The number of rotatable bonds is 11. The van der Waals surface area contributed by atoms with Gasteiger partial charge in [0.1, 0.15) is 17.5 Å². The van der Waals surface area contributed by atoms with E-state index in [-0.39, 0.29) is 47.4 Å². The molecular formula is C56H64FN11O5. The number of anilines is 1. The van der Waals surface area contributed by atoms with E-state index in [1.807, 2.05) is 53.9 Å². The van der Waals surface area contributed by atoms with Gasteiger partial charge in [0.15, 0.2) is 0 Å². The minimum atomic E-state index is -0.685. The highest BCUT2D eigenvalue weighted by Crippen LogP contribution is 2.38.